The van der Waals surface area contributed by atoms with Gasteiger partial charge in [0.25, 0.3) is 5.91 Å². The van der Waals surface area contributed by atoms with E-state index in [0.717, 1.165) is 36.3 Å². The molecule has 2 N–H and O–H groups in total. The fourth-order valence-corrected chi connectivity index (χ4v) is 4.09. The van der Waals surface area contributed by atoms with Crippen LogP contribution in [0.15, 0.2) is 48.5 Å². The zero-order chi connectivity index (χ0) is 23.1. The van der Waals surface area contributed by atoms with Gasteiger partial charge in [0.15, 0.2) is 0 Å². The predicted molar refractivity (Wildman–Crippen MR) is 127 cm³/mol. The molecule has 0 saturated carbocycles. The van der Waals surface area contributed by atoms with Gasteiger partial charge < -0.3 is 20.3 Å². The van der Waals surface area contributed by atoms with Crippen molar-refractivity contribution in [2.24, 2.45) is 0 Å². The first-order valence-electron chi connectivity index (χ1n) is 11.6. The number of nitrogens with zero attached hydrogens (tertiary/aromatic N) is 1. The molecule has 172 valence electrons. The highest BCUT2D eigenvalue weighted by atomic mass is 16.5. The Hall–Kier alpha value is -3.02. The van der Waals surface area contributed by atoms with Crippen LogP contribution in [0.25, 0.3) is 0 Å². The van der Waals surface area contributed by atoms with Gasteiger partial charge in [-0.15, -0.1) is 0 Å². The zero-order valence-corrected chi connectivity index (χ0v) is 19.6. The van der Waals surface area contributed by atoms with E-state index in [0.29, 0.717) is 18.7 Å². The van der Waals surface area contributed by atoms with Gasteiger partial charge in [-0.25, -0.2) is 4.79 Å². The number of benzene rings is 2. The van der Waals surface area contributed by atoms with Crippen LogP contribution in [0, 0.1) is 0 Å². The highest BCUT2D eigenvalue weighted by molar-refractivity contribution is 5.94. The molecule has 1 aliphatic rings. The van der Waals surface area contributed by atoms with Gasteiger partial charge in [-0.05, 0) is 75.9 Å². The maximum absolute atomic E-state index is 12.9. The summed E-state index contributed by atoms with van der Waals surface area (Å²) >= 11 is 0. The highest BCUT2D eigenvalue weighted by Crippen LogP contribution is 2.28. The number of likely N-dealkylation sites (tertiary alicyclic amines) is 1. The quantitative estimate of drug-likeness (QED) is 0.649. The Kier molecular flexibility index (Phi) is 8.14. The maximum Gasteiger partial charge on any atom is 0.317 e. The number of carbonyl (C=O) groups is 2. The molecule has 3 amide bonds. The predicted octanol–water partition coefficient (Wildman–Crippen LogP) is 4.87. The molecule has 0 radical (unpaired) electrons. The van der Waals surface area contributed by atoms with Gasteiger partial charge in [0, 0.05) is 30.6 Å². The van der Waals surface area contributed by atoms with Crippen LogP contribution in [0.2, 0.25) is 0 Å². The van der Waals surface area contributed by atoms with Crippen LogP contribution < -0.4 is 15.4 Å². The van der Waals surface area contributed by atoms with Crippen LogP contribution >= 0.6 is 0 Å². The number of amides is 3. The van der Waals surface area contributed by atoms with Gasteiger partial charge in [0.05, 0.1) is 12.6 Å². The van der Waals surface area contributed by atoms with Crippen molar-refractivity contribution in [3.8, 4) is 5.75 Å². The number of rotatable bonds is 7. The lowest BCUT2D eigenvalue weighted by Gasteiger charge is -2.33. The molecule has 1 aliphatic heterocycles. The first kappa shape index (κ1) is 23.6. The van der Waals surface area contributed by atoms with Crippen molar-refractivity contribution in [3.63, 3.8) is 0 Å². The number of piperidine rings is 1. The Bertz CT molecular complexity index is 911. The zero-order valence-electron chi connectivity index (χ0n) is 19.6. The lowest BCUT2D eigenvalue weighted by atomic mass is 9.89. The van der Waals surface area contributed by atoms with Crippen LogP contribution in [-0.2, 0) is 0 Å². The minimum atomic E-state index is -0.119. The third kappa shape index (κ3) is 6.25. The van der Waals surface area contributed by atoms with Crippen LogP contribution in [0.1, 0.15) is 74.0 Å². The van der Waals surface area contributed by atoms with E-state index in [1.165, 1.54) is 0 Å². The van der Waals surface area contributed by atoms with Crippen molar-refractivity contribution in [2.45, 2.75) is 58.5 Å². The van der Waals surface area contributed by atoms with Crippen molar-refractivity contribution in [3.05, 3.63) is 65.2 Å². The number of carbonyl (C=O) groups excluding carboxylic acids is 2. The molecule has 1 saturated heterocycles. The molecule has 0 spiro atoms. The minimum absolute atomic E-state index is 0.0113. The van der Waals surface area contributed by atoms with Crippen molar-refractivity contribution in [1.82, 2.24) is 15.5 Å². The van der Waals surface area contributed by atoms with Crippen molar-refractivity contribution in [2.75, 3.05) is 19.7 Å². The second-order valence-corrected chi connectivity index (χ2v) is 8.71. The average Bonchev–Trinajstić information content (AvgIpc) is 2.79. The third-order valence-corrected chi connectivity index (χ3v) is 5.78. The number of nitrogens with one attached hydrogen (secondary N) is 2. The largest absolute Gasteiger partial charge is 0.494 e. The summed E-state index contributed by atoms with van der Waals surface area (Å²) in [6, 6.07) is 15.6. The van der Waals surface area contributed by atoms with E-state index >= 15 is 0 Å². The number of urea groups is 1. The Morgan fingerprint density at radius 1 is 1.09 bits per heavy atom. The molecule has 6 heteroatoms. The molecule has 0 bridgehead atoms. The Balaban J connectivity index is 1.64. The molecule has 3 rings (SSSR count). The van der Waals surface area contributed by atoms with Crippen LogP contribution in [0.3, 0.4) is 0 Å². The summed E-state index contributed by atoms with van der Waals surface area (Å²) in [5.74, 6) is 0.961. The Labute approximate surface area is 191 Å². The smallest absolute Gasteiger partial charge is 0.317 e. The second kappa shape index (κ2) is 11.0. The normalized spacial score (nSPS) is 17.0. The summed E-state index contributed by atoms with van der Waals surface area (Å²) in [7, 11) is 0. The maximum atomic E-state index is 12.9. The molecule has 2 aromatic carbocycles. The van der Waals surface area contributed by atoms with E-state index < -0.39 is 0 Å². The van der Waals surface area contributed by atoms with Gasteiger partial charge in [-0.3, -0.25) is 4.79 Å². The van der Waals surface area contributed by atoms with Crippen molar-refractivity contribution < 1.29 is 14.3 Å². The molecule has 1 fully saturated rings. The molecule has 0 aliphatic carbocycles. The molecule has 0 aromatic heterocycles. The van der Waals surface area contributed by atoms with Crippen LogP contribution in [0.4, 0.5) is 4.79 Å². The average molecular weight is 438 g/mol. The summed E-state index contributed by atoms with van der Waals surface area (Å²) in [6.45, 7) is 9.94. The Morgan fingerprint density at radius 2 is 1.84 bits per heavy atom. The molecule has 2 atom stereocenters. The first-order valence-corrected chi connectivity index (χ1v) is 11.6. The standard InChI is InChI=1S/C26H35N3O3/c1-5-32-24-13-11-20(12-14-24)19(4)28-25(30)22-9-6-8-21(16-22)23-10-7-15-29(17-23)26(31)27-18(2)3/h6,8-9,11-14,16,18-19,23H,5,7,10,15,17H2,1-4H3,(H,27,31)(H,28,30)/t19-,23-/m0/s1. The van der Waals surface area contributed by atoms with Gasteiger partial charge in [0.1, 0.15) is 5.75 Å². The molecule has 1 heterocycles. The minimum Gasteiger partial charge on any atom is -0.494 e. The van der Waals surface area contributed by atoms with E-state index in [2.05, 4.69) is 16.7 Å². The van der Waals surface area contributed by atoms with Crippen LogP contribution in [-0.4, -0.2) is 42.6 Å². The van der Waals surface area contributed by atoms with Crippen LogP contribution in [0.5, 0.6) is 5.75 Å². The monoisotopic (exact) mass is 437 g/mol. The summed E-state index contributed by atoms with van der Waals surface area (Å²) in [4.78, 5) is 27.2. The number of ether oxygens (including phenoxy) is 1. The summed E-state index contributed by atoms with van der Waals surface area (Å²) < 4.78 is 5.49. The van der Waals surface area contributed by atoms with E-state index in [1.54, 1.807) is 0 Å². The van der Waals surface area contributed by atoms with E-state index in [4.69, 9.17) is 4.74 Å². The third-order valence-electron chi connectivity index (χ3n) is 5.78. The van der Waals surface area contributed by atoms with Crippen molar-refractivity contribution in [1.29, 1.82) is 0 Å². The number of hydrogen-bond acceptors (Lipinski definition) is 3. The Morgan fingerprint density at radius 3 is 2.53 bits per heavy atom. The van der Waals surface area contributed by atoms with E-state index in [-0.39, 0.29) is 29.9 Å². The molecule has 0 unspecified atom stereocenters. The summed E-state index contributed by atoms with van der Waals surface area (Å²) in [5, 5.41) is 6.07. The van der Waals surface area contributed by atoms with Crippen molar-refractivity contribution >= 4 is 11.9 Å². The molecular formula is C26H35N3O3. The van der Waals surface area contributed by atoms with E-state index in [9.17, 15) is 9.59 Å². The molecule has 32 heavy (non-hydrogen) atoms. The number of hydrogen-bond donors (Lipinski definition) is 2. The topological polar surface area (TPSA) is 70.7 Å². The molecular weight excluding hydrogens is 402 g/mol. The van der Waals surface area contributed by atoms with Gasteiger partial charge in [0.2, 0.25) is 0 Å². The van der Waals surface area contributed by atoms with Gasteiger partial charge in [-0.2, -0.15) is 0 Å². The van der Waals surface area contributed by atoms with Gasteiger partial charge in [-0.1, -0.05) is 24.3 Å². The lowest BCUT2D eigenvalue weighted by molar-refractivity contribution is 0.0939. The SMILES string of the molecule is CCOc1ccc([C@H](C)NC(=O)c2cccc([C@H]3CCCN(C(=O)NC(C)C)C3)c2)cc1. The summed E-state index contributed by atoms with van der Waals surface area (Å²) in [5.41, 5.74) is 2.77. The lowest BCUT2D eigenvalue weighted by Crippen LogP contribution is -2.47. The fraction of sp³-hybridized carbons (Fsp3) is 0.462. The van der Waals surface area contributed by atoms with Gasteiger partial charge >= 0.3 is 6.03 Å². The molecule has 2 aromatic rings. The first-order chi connectivity index (χ1) is 15.4. The van der Waals surface area contributed by atoms with E-state index in [1.807, 2.05) is 75.1 Å². The molecule has 6 nitrogen and oxygen atoms in total. The summed E-state index contributed by atoms with van der Waals surface area (Å²) in [6.07, 6.45) is 1.97. The highest BCUT2D eigenvalue weighted by Gasteiger charge is 2.25. The fourth-order valence-electron chi connectivity index (χ4n) is 4.09. The second-order valence-electron chi connectivity index (χ2n) is 8.71.